The molecule has 0 aliphatic carbocycles. The van der Waals surface area contributed by atoms with Crippen LogP contribution in [0.25, 0.3) is 21.8 Å². The first-order valence-electron chi connectivity index (χ1n) is 44.1. The number of nitrogens with zero attached hydrogens (tertiary/aromatic N) is 5. The van der Waals surface area contributed by atoms with E-state index in [1.807, 2.05) is 36.9 Å². The minimum absolute atomic E-state index is 0.0618. The van der Waals surface area contributed by atoms with E-state index in [2.05, 4.69) is 85.3 Å². The number of guanidine groups is 1. The molecule has 0 saturated carbocycles. The maximum atomic E-state index is 15.1. The molecule has 1 aliphatic heterocycles. The van der Waals surface area contributed by atoms with Gasteiger partial charge in [-0.15, -0.1) is 0 Å². The molecule has 7 rings (SSSR count). The van der Waals surface area contributed by atoms with Crippen LogP contribution in [0.15, 0.2) is 96.6 Å². The van der Waals surface area contributed by atoms with Crippen molar-refractivity contribution >= 4 is 110 Å². The van der Waals surface area contributed by atoms with Crippen molar-refractivity contribution in [2.75, 3.05) is 50.7 Å². The van der Waals surface area contributed by atoms with Crippen LogP contribution in [0.2, 0.25) is 0 Å². The molecule has 0 bridgehead atoms. The lowest BCUT2D eigenvalue weighted by molar-refractivity contribution is -0.137. The Balaban J connectivity index is 1.02. The van der Waals surface area contributed by atoms with Crippen LogP contribution in [0.4, 0.5) is 5.69 Å². The van der Waals surface area contributed by atoms with Gasteiger partial charge < -0.3 is 101 Å². The first-order chi connectivity index (χ1) is 60.2. The molecular weight excluding hydrogens is 1620 g/mol. The average molecular weight is 1750 g/mol. The maximum absolute atomic E-state index is 15.1. The summed E-state index contributed by atoms with van der Waals surface area (Å²) in [6.07, 6.45) is 16.9. The topological polar surface area (TPSA) is 562 Å². The predicted octanol–water partition coefficient (Wildman–Crippen LogP) is 3.08. The number of piperazine rings is 1. The van der Waals surface area contributed by atoms with E-state index in [1.54, 1.807) is 63.1 Å². The lowest BCUT2D eigenvalue weighted by atomic mass is 9.98. The Kier molecular flexibility index (Phi) is 41.5. The molecule has 0 spiro atoms. The Bertz CT molecular complexity index is 4680. The van der Waals surface area contributed by atoms with E-state index in [0.717, 1.165) is 34.7 Å². The highest BCUT2D eigenvalue weighted by Gasteiger charge is 2.38. The molecule has 0 unspecified atom stereocenters. The highest BCUT2D eigenvalue weighted by atomic mass is 16.3. The number of phenols is 1. The fourth-order valence-electron chi connectivity index (χ4n) is 15.0. The molecule has 37 nitrogen and oxygen atoms in total. The number of unbranched alkanes of at least 4 members (excludes halogenated alkanes) is 9. The second kappa shape index (κ2) is 51.8. The molecule has 12 amide bonds. The number of Topliss-reactive ketones (excluding diaryl/α,β-unsaturated/α-hetero) is 1. The molecule has 6 aromatic rings. The summed E-state index contributed by atoms with van der Waals surface area (Å²) in [4.78, 5) is 214. The average Bonchev–Trinajstić information content (AvgIpc) is 0.833. The zero-order valence-corrected chi connectivity index (χ0v) is 73.9. The molecule has 126 heavy (non-hydrogen) atoms. The highest BCUT2D eigenvalue weighted by Crippen LogP contribution is 2.24. The summed E-state index contributed by atoms with van der Waals surface area (Å²) in [5.74, 6) is -10.0. The molecule has 1 fully saturated rings. The number of aromatic nitrogens is 5. The van der Waals surface area contributed by atoms with Gasteiger partial charge in [0.2, 0.25) is 70.9 Å². The number of hydrogen-bond acceptors (Lipinski definition) is 20. The molecule has 1 saturated heterocycles. The van der Waals surface area contributed by atoms with Crippen molar-refractivity contribution in [3.8, 4) is 5.75 Å². The molecular formula is C89H132N22O15. The van der Waals surface area contributed by atoms with Crippen molar-refractivity contribution in [2.24, 2.45) is 35.0 Å². The van der Waals surface area contributed by atoms with Gasteiger partial charge in [0.1, 0.15) is 54.6 Å². The first kappa shape index (κ1) is 101. The van der Waals surface area contributed by atoms with Gasteiger partial charge in [-0.3, -0.25) is 77.1 Å². The van der Waals surface area contributed by atoms with Crippen LogP contribution in [-0.2, 0) is 88.1 Å². The number of amides is 12. The lowest BCUT2D eigenvalue weighted by Gasteiger charge is -2.38. The van der Waals surface area contributed by atoms with Crippen LogP contribution >= 0.6 is 0 Å². The standard InChI is InChI=1S/C89H132N22O15/c1-9-11-12-13-14-15-16-17-18-28-75(115)96-38-35-76(116)95-36-22-21-26-68(102-86(124)78(91)56(7)10-2)88(126)110-41-39-109(40-42-110)61-31-34-66-64(47-61)87(125)111(53-100-66)51-77(117)101-67(27-23-37-97-89(92)93)80(118)106-72(46-60-50-94-52-99-60)83(121)104-70(44-58-29-32-62(113)33-30-58)82(120)103-69(43-54(3)4)81(119)107-73(48-74(90)114)84(122)105-71(85(123)108-79(55(5)6)57(8)112)45-59-49-98-65-25-20-19-24-63(59)65/h19-20,24-25,29-34,47,49-50,52-56,67-73,78-79,98,113H,9-18,21-23,26-28,35-46,48,51,91H2,1-8H3,(H2,90,114)(H,94,99)(H,95,116)(H,96,115)(H,101,117)(H,102,124)(H,103,120)(H,104,121)(H,105,122)(H,106,118)(H,107,119)(H,108,123)(H4,92,93,97)/t56-,67-,68-,69-,70-,71-,72-,73-,78-,79-/m0/s1. The van der Waals surface area contributed by atoms with Crippen LogP contribution in [0.3, 0.4) is 0 Å². The predicted molar refractivity (Wildman–Crippen MR) is 478 cm³/mol. The molecule has 0 radical (unpaired) electrons. The van der Waals surface area contributed by atoms with Crippen molar-refractivity contribution in [2.45, 2.75) is 258 Å². The number of aromatic hydroxyl groups is 1. The quantitative estimate of drug-likeness (QED) is 0.0148. The van der Waals surface area contributed by atoms with E-state index >= 15 is 9.59 Å². The summed E-state index contributed by atoms with van der Waals surface area (Å²) >= 11 is 0. The van der Waals surface area contributed by atoms with E-state index in [4.69, 9.17) is 22.6 Å². The number of para-hydroxylation sites is 1. The van der Waals surface area contributed by atoms with Gasteiger partial charge in [0.05, 0.1) is 42.1 Å². The Hall–Kier alpha value is -12.3. The summed E-state index contributed by atoms with van der Waals surface area (Å²) in [5, 5.41) is 49.0. The number of phenolic OH excluding ortho intramolecular Hbond substituents is 1. The zero-order chi connectivity index (χ0) is 91.9. The Morgan fingerprint density at radius 1 is 0.563 bits per heavy atom. The molecule has 10 atom stereocenters. The van der Waals surface area contributed by atoms with Crippen LogP contribution in [0, 0.1) is 23.2 Å². The molecule has 37 heteroatoms. The monoisotopic (exact) mass is 1750 g/mol. The molecule has 21 N–H and O–H groups in total. The van der Waals surface area contributed by atoms with Crippen molar-refractivity contribution in [1.29, 1.82) is 5.41 Å². The normalized spacial score (nSPS) is 14.5. The van der Waals surface area contributed by atoms with Gasteiger partial charge in [0, 0.05) is 113 Å². The smallest absolute Gasteiger partial charge is 0.261 e. The Labute approximate surface area is 735 Å². The van der Waals surface area contributed by atoms with Crippen molar-refractivity contribution < 1.29 is 67.4 Å². The van der Waals surface area contributed by atoms with Crippen LogP contribution in [-0.4, -0.2) is 217 Å². The summed E-state index contributed by atoms with van der Waals surface area (Å²) in [7, 11) is 0. The van der Waals surface area contributed by atoms with E-state index in [0.29, 0.717) is 73.3 Å². The number of ketones is 1. The number of H-pyrrole nitrogens is 2. The van der Waals surface area contributed by atoms with Gasteiger partial charge in [-0.05, 0) is 117 Å². The number of nitrogens with two attached hydrogens (primary N) is 3. The molecule has 4 heterocycles. The summed E-state index contributed by atoms with van der Waals surface area (Å²) < 4.78 is 1.06. The third-order valence-corrected chi connectivity index (χ3v) is 22.4. The van der Waals surface area contributed by atoms with Crippen LogP contribution < -0.4 is 86.1 Å². The van der Waals surface area contributed by atoms with Gasteiger partial charge >= 0.3 is 0 Å². The summed E-state index contributed by atoms with van der Waals surface area (Å²) in [6.45, 7) is 15.4. The van der Waals surface area contributed by atoms with Crippen LogP contribution in [0.5, 0.6) is 5.75 Å². The number of benzene rings is 3. The van der Waals surface area contributed by atoms with E-state index in [1.165, 1.54) is 88.6 Å². The molecule has 3 aromatic carbocycles. The summed E-state index contributed by atoms with van der Waals surface area (Å²) in [6, 6.07) is 6.14. The number of carbonyl (C=O) groups is 13. The number of nitrogens with one attached hydrogen (secondary N) is 14. The molecule has 688 valence electrons. The molecule has 3 aromatic heterocycles. The fraction of sp³-hybridized carbons (Fsp3) is 0.562. The highest BCUT2D eigenvalue weighted by molar-refractivity contribution is 6.00. The van der Waals surface area contributed by atoms with Crippen molar-refractivity contribution in [3.63, 3.8) is 0 Å². The minimum atomic E-state index is -1.73. The zero-order valence-electron chi connectivity index (χ0n) is 73.9. The third kappa shape index (κ3) is 33.3. The van der Waals surface area contributed by atoms with Gasteiger partial charge in [-0.2, -0.15) is 0 Å². The van der Waals surface area contributed by atoms with E-state index < -0.39 is 126 Å². The second-order valence-electron chi connectivity index (χ2n) is 33.5. The number of rotatable bonds is 55. The largest absolute Gasteiger partial charge is 0.508 e. The number of anilines is 1. The number of fused-ring (bicyclic) bond motifs is 2. The Morgan fingerprint density at radius 2 is 1.14 bits per heavy atom. The minimum Gasteiger partial charge on any atom is -0.508 e. The Morgan fingerprint density at radius 3 is 1.78 bits per heavy atom. The third-order valence-electron chi connectivity index (χ3n) is 22.4. The number of imidazole rings is 1. The van der Waals surface area contributed by atoms with Gasteiger partial charge in [-0.1, -0.05) is 137 Å². The fourth-order valence-corrected chi connectivity index (χ4v) is 15.0. The first-order valence-corrected chi connectivity index (χ1v) is 44.1. The molecule has 1 aliphatic rings. The second-order valence-corrected chi connectivity index (χ2v) is 33.5. The number of aromatic amines is 2. The van der Waals surface area contributed by atoms with E-state index in [-0.39, 0.29) is 136 Å². The van der Waals surface area contributed by atoms with Crippen molar-refractivity contribution in [1.82, 2.24) is 87.9 Å². The van der Waals surface area contributed by atoms with E-state index in [9.17, 15) is 62.6 Å². The van der Waals surface area contributed by atoms with Crippen molar-refractivity contribution in [3.05, 3.63) is 119 Å². The van der Waals surface area contributed by atoms with Gasteiger partial charge in [0.25, 0.3) is 5.56 Å². The number of primary amides is 1. The number of carbonyl (C=O) groups excluding carboxylic acids is 13. The van der Waals surface area contributed by atoms with Gasteiger partial charge in [0.15, 0.2) is 11.7 Å². The SMILES string of the molecule is CCCCCCCCCCCC(=O)NCCC(=O)NCCCC[C@H](NC(=O)[C@@H](N)[C@@H](C)CC)C(=O)N1CCN(c2ccc3ncn(CC(=O)N[C@@H](CCCNC(=N)N)C(=O)N[C@@H](Cc4cnc[nH]4)C(=O)N[C@@H](Cc4ccc(O)cc4)C(=O)N[C@@H](CC(C)C)C(=O)N[C@@H](CC(N)=O)C(=O)N[C@@H](Cc4c[nH]c5ccccc45)C(=O)N[C@H](C(C)=O)C(C)C)c(=O)c3c2)CC1. The lowest BCUT2D eigenvalue weighted by Crippen LogP contribution is -2.61. The van der Waals surface area contributed by atoms with Crippen LogP contribution in [0.1, 0.15) is 194 Å². The summed E-state index contributed by atoms with van der Waals surface area (Å²) in [5.41, 5.74) is 20.1. The van der Waals surface area contributed by atoms with Gasteiger partial charge in [-0.25, -0.2) is 9.97 Å². The number of hydrogen-bond donors (Lipinski definition) is 18. The maximum Gasteiger partial charge on any atom is 0.261 e.